The molecular weight excluding hydrogens is 152 g/mol. The first-order valence-electron chi connectivity index (χ1n) is 4.58. The quantitative estimate of drug-likeness (QED) is 0.683. The van der Waals surface area contributed by atoms with Crippen molar-refractivity contribution in [2.24, 2.45) is 0 Å². The molecule has 0 aromatic heterocycles. The number of carbonyl (C=O) groups is 1. The van der Waals surface area contributed by atoms with E-state index < -0.39 is 5.60 Å². The lowest BCUT2D eigenvalue weighted by atomic mass is 9.80. The fourth-order valence-electron chi connectivity index (χ4n) is 1.73. The Morgan fingerprint density at radius 1 is 1.58 bits per heavy atom. The Morgan fingerprint density at radius 2 is 2.25 bits per heavy atom. The summed E-state index contributed by atoms with van der Waals surface area (Å²) in [6.45, 7) is 3.93. The van der Waals surface area contributed by atoms with Crippen molar-refractivity contribution in [3.8, 4) is 0 Å². The lowest BCUT2D eigenvalue weighted by Gasteiger charge is -2.32. The van der Waals surface area contributed by atoms with Crippen LogP contribution >= 0.6 is 0 Å². The van der Waals surface area contributed by atoms with Crippen LogP contribution in [0.3, 0.4) is 0 Å². The van der Waals surface area contributed by atoms with E-state index in [-0.39, 0.29) is 5.78 Å². The summed E-state index contributed by atoms with van der Waals surface area (Å²) in [6.07, 6.45) is 4.19. The molecule has 68 valence electrons. The van der Waals surface area contributed by atoms with E-state index in [9.17, 15) is 9.90 Å². The van der Waals surface area contributed by atoms with Crippen molar-refractivity contribution in [2.75, 3.05) is 0 Å². The van der Waals surface area contributed by atoms with Gasteiger partial charge in [0.25, 0.3) is 0 Å². The third-order valence-corrected chi connectivity index (χ3v) is 2.68. The van der Waals surface area contributed by atoms with Crippen molar-refractivity contribution < 1.29 is 9.90 Å². The number of rotatable bonds is 2. The van der Waals surface area contributed by atoms with Crippen molar-refractivity contribution in [3.63, 3.8) is 0 Å². The van der Waals surface area contributed by atoms with Crippen LogP contribution in [0.15, 0.2) is 11.6 Å². The molecule has 2 heteroatoms. The van der Waals surface area contributed by atoms with Gasteiger partial charge in [-0.05, 0) is 30.9 Å². The van der Waals surface area contributed by atoms with E-state index in [0.717, 1.165) is 12.0 Å². The zero-order chi connectivity index (χ0) is 9.19. The highest BCUT2D eigenvalue weighted by molar-refractivity contribution is 5.91. The van der Waals surface area contributed by atoms with Crippen LogP contribution in [0.1, 0.15) is 39.5 Å². The van der Waals surface area contributed by atoms with Gasteiger partial charge in [-0.2, -0.15) is 0 Å². The average molecular weight is 168 g/mol. The number of hydrogen-bond donors (Lipinski definition) is 1. The normalized spacial score (nSPS) is 30.2. The maximum atomic E-state index is 11.0. The van der Waals surface area contributed by atoms with Crippen molar-refractivity contribution in [1.82, 2.24) is 0 Å². The van der Waals surface area contributed by atoms with Crippen molar-refractivity contribution >= 4 is 5.78 Å². The Balaban J connectivity index is 2.91. The SMILES string of the molecule is CCC1=CC(=O)CCC1(O)CC. The summed E-state index contributed by atoms with van der Waals surface area (Å²) in [4.78, 5) is 11.0. The predicted molar refractivity (Wildman–Crippen MR) is 47.9 cm³/mol. The molecule has 0 bridgehead atoms. The van der Waals surface area contributed by atoms with Crippen LogP contribution in [0.5, 0.6) is 0 Å². The molecule has 1 unspecified atom stereocenters. The second kappa shape index (κ2) is 3.40. The van der Waals surface area contributed by atoms with Crippen LogP contribution in [0.4, 0.5) is 0 Å². The van der Waals surface area contributed by atoms with Crippen LogP contribution in [0.25, 0.3) is 0 Å². The van der Waals surface area contributed by atoms with Gasteiger partial charge in [-0.15, -0.1) is 0 Å². The molecule has 0 aliphatic heterocycles. The lowest BCUT2D eigenvalue weighted by molar-refractivity contribution is -0.116. The second-order valence-corrected chi connectivity index (χ2v) is 3.37. The molecule has 0 amide bonds. The smallest absolute Gasteiger partial charge is 0.155 e. The second-order valence-electron chi connectivity index (χ2n) is 3.37. The van der Waals surface area contributed by atoms with E-state index in [2.05, 4.69) is 0 Å². The van der Waals surface area contributed by atoms with Crippen molar-refractivity contribution in [2.45, 2.75) is 45.1 Å². The minimum absolute atomic E-state index is 0.157. The molecule has 1 aliphatic carbocycles. The van der Waals surface area contributed by atoms with Gasteiger partial charge in [-0.1, -0.05) is 13.8 Å². The van der Waals surface area contributed by atoms with E-state index in [1.165, 1.54) is 0 Å². The van der Waals surface area contributed by atoms with E-state index in [1.54, 1.807) is 6.08 Å². The van der Waals surface area contributed by atoms with Gasteiger partial charge in [0.15, 0.2) is 5.78 Å². The van der Waals surface area contributed by atoms with Crippen molar-refractivity contribution in [3.05, 3.63) is 11.6 Å². The lowest BCUT2D eigenvalue weighted by Crippen LogP contribution is -2.34. The van der Waals surface area contributed by atoms with Gasteiger partial charge in [0.2, 0.25) is 0 Å². The van der Waals surface area contributed by atoms with Gasteiger partial charge in [-0.25, -0.2) is 0 Å². The van der Waals surface area contributed by atoms with Crippen molar-refractivity contribution in [1.29, 1.82) is 0 Å². The van der Waals surface area contributed by atoms with E-state index in [1.807, 2.05) is 13.8 Å². The Hall–Kier alpha value is -0.630. The third kappa shape index (κ3) is 1.58. The minimum Gasteiger partial charge on any atom is -0.386 e. The monoisotopic (exact) mass is 168 g/mol. The number of allylic oxidation sites excluding steroid dienone is 1. The number of ketones is 1. The molecule has 0 aromatic carbocycles. The van der Waals surface area contributed by atoms with E-state index in [0.29, 0.717) is 19.3 Å². The highest BCUT2D eigenvalue weighted by Gasteiger charge is 2.32. The molecule has 0 fully saturated rings. The zero-order valence-electron chi connectivity index (χ0n) is 7.76. The Morgan fingerprint density at radius 3 is 2.75 bits per heavy atom. The largest absolute Gasteiger partial charge is 0.386 e. The van der Waals surface area contributed by atoms with Crippen LogP contribution in [0, 0.1) is 0 Å². The molecule has 0 spiro atoms. The minimum atomic E-state index is -0.692. The highest BCUT2D eigenvalue weighted by Crippen LogP contribution is 2.32. The first-order valence-corrected chi connectivity index (χ1v) is 4.58. The average Bonchev–Trinajstić information content (AvgIpc) is 2.09. The number of hydrogen-bond acceptors (Lipinski definition) is 2. The standard InChI is InChI=1S/C10H16O2/c1-3-8-7-9(11)5-6-10(8,12)4-2/h7,12H,3-6H2,1-2H3. The Kier molecular flexibility index (Phi) is 2.68. The molecule has 1 aliphatic rings. The summed E-state index contributed by atoms with van der Waals surface area (Å²) in [7, 11) is 0. The fraction of sp³-hybridized carbons (Fsp3) is 0.700. The molecular formula is C10H16O2. The van der Waals surface area contributed by atoms with E-state index >= 15 is 0 Å². The van der Waals surface area contributed by atoms with Gasteiger partial charge in [0.05, 0.1) is 5.60 Å². The molecule has 0 heterocycles. The summed E-state index contributed by atoms with van der Waals surface area (Å²) in [5.74, 6) is 0.157. The molecule has 0 radical (unpaired) electrons. The maximum absolute atomic E-state index is 11.0. The van der Waals surface area contributed by atoms with Crippen LogP contribution < -0.4 is 0 Å². The molecule has 0 saturated carbocycles. The molecule has 12 heavy (non-hydrogen) atoms. The van der Waals surface area contributed by atoms with Gasteiger partial charge < -0.3 is 5.11 Å². The molecule has 0 aromatic rings. The first-order chi connectivity index (χ1) is 5.62. The third-order valence-electron chi connectivity index (χ3n) is 2.68. The summed E-state index contributed by atoms with van der Waals surface area (Å²) >= 11 is 0. The summed E-state index contributed by atoms with van der Waals surface area (Å²) in [5.41, 5.74) is 0.212. The maximum Gasteiger partial charge on any atom is 0.155 e. The van der Waals surface area contributed by atoms with Gasteiger partial charge in [-0.3, -0.25) is 4.79 Å². The van der Waals surface area contributed by atoms with Crippen LogP contribution in [-0.2, 0) is 4.79 Å². The van der Waals surface area contributed by atoms with Gasteiger partial charge in [0.1, 0.15) is 0 Å². The first kappa shape index (κ1) is 9.46. The Bertz CT molecular complexity index is 218. The zero-order valence-corrected chi connectivity index (χ0v) is 7.76. The van der Waals surface area contributed by atoms with E-state index in [4.69, 9.17) is 0 Å². The number of carbonyl (C=O) groups excluding carboxylic acids is 1. The van der Waals surface area contributed by atoms with Crippen LogP contribution in [-0.4, -0.2) is 16.5 Å². The summed E-state index contributed by atoms with van der Waals surface area (Å²) in [5, 5.41) is 10.0. The molecule has 2 nitrogen and oxygen atoms in total. The topological polar surface area (TPSA) is 37.3 Å². The summed E-state index contributed by atoms with van der Waals surface area (Å²) in [6, 6.07) is 0. The van der Waals surface area contributed by atoms with Crippen LogP contribution in [0.2, 0.25) is 0 Å². The Labute approximate surface area is 73.3 Å². The molecule has 1 N–H and O–H groups in total. The summed E-state index contributed by atoms with van der Waals surface area (Å²) < 4.78 is 0. The van der Waals surface area contributed by atoms with Gasteiger partial charge in [0, 0.05) is 6.42 Å². The molecule has 1 atom stereocenters. The molecule has 0 saturated heterocycles. The molecule has 1 rings (SSSR count). The van der Waals surface area contributed by atoms with Gasteiger partial charge >= 0.3 is 0 Å². The number of aliphatic hydroxyl groups is 1. The predicted octanol–water partition coefficient (Wildman–Crippen LogP) is 1.83. The fourth-order valence-corrected chi connectivity index (χ4v) is 1.73. The highest BCUT2D eigenvalue weighted by atomic mass is 16.3.